The number of para-hydroxylation sites is 3. The van der Waals surface area contributed by atoms with Gasteiger partial charge < -0.3 is 9.13 Å². The van der Waals surface area contributed by atoms with Crippen molar-refractivity contribution in [1.29, 1.82) is 0 Å². The third-order valence-electron chi connectivity index (χ3n) is 10.7. The summed E-state index contributed by atoms with van der Waals surface area (Å²) in [6.07, 6.45) is 0. The molecule has 0 aliphatic rings. The van der Waals surface area contributed by atoms with Gasteiger partial charge in [-0.15, -0.1) is 0 Å². The molecule has 0 saturated carbocycles. The first-order valence-corrected chi connectivity index (χ1v) is 18.9. The fourth-order valence-corrected chi connectivity index (χ4v) is 8.25. The van der Waals surface area contributed by atoms with E-state index < -0.39 is 0 Å². The molecule has 0 aliphatic heterocycles. The molecule has 0 saturated heterocycles. The van der Waals surface area contributed by atoms with E-state index in [9.17, 15) is 0 Å². The van der Waals surface area contributed by atoms with E-state index in [1.165, 1.54) is 43.6 Å². The highest BCUT2D eigenvalue weighted by molar-refractivity contribution is 6.28. The fraction of sp³-hybridized carbons (Fsp3) is 0. The quantitative estimate of drug-likeness (QED) is 0.172. The van der Waals surface area contributed by atoms with E-state index in [0.29, 0.717) is 17.5 Å². The summed E-state index contributed by atoms with van der Waals surface area (Å²) < 4.78 is 4.80. The first-order chi connectivity index (χ1) is 27.8. The Balaban J connectivity index is 1.07. The van der Waals surface area contributed by atoms with E-state index >= 15 is 0 Å². The van der Waals surface area contributed by atoms with Gasteiger partial charge in [-0.2, -0.15) is 0 Å². The van der Waals surface area contributed by atoms with E-state index in [1.54, 1.807) is 0 Å². The van der Waals surface area contributed by atoms with Crippen molar-refractivity contribution in [2.45, 2.75) is 0 Å². The molecule has 0 bridgehead atoms. The maximum absolute atomic E-state index is 5.00. The minimum absolute atomic E-state index is 0.636. The van der Waals surface area contributed by atoms with Crippen LogP contribution in [0.3, 0.4) is 0 Å². The van der Waals surface area contributed by atoms with Crippen LogP contribution >= 0.6 is 0 Å². The molecule has 262 valence electrons. The van der Waals surface area contributed by atoms with Crippen LogP contribution in [0, 0.1) is 0 Å². The van der Waals surface area contributed by atoms with Crippen LogP contribution in [0.25, 0.3) is 100 Å². The second kappa shape index (κ2) is 13.0. The zero-order valence-corrected chi connectivity index (χ0v) is 30.3. The molecule has 0 radical (unpaired) electrons. The largest absolute Gasteiger partial charge is 0.309 e. The molecule has 11 rings (SSSR count). The number of benzene rings is 8. The highest BCUT2D eigenvalue weighted by atomic mass is 15.0. The van der Waals surface area contributed by atoms with Gasteiger partial charge in [-0.05, 0) is 65.7 Å². The van der Waals surface area contributed by atoms with Crippen molar-refractivity contribution >= 4 is 43.6 Å². The summed E-state index contributed by atoms with van der Waals surface area (Å²) in [5.74, 6) is 1.93. The lowest BCUT2D eigenvalue weighted by atomic mass is 10.0. The molecule has 11 aromatic rings. The molecule has 5 heteroatoms. The van der Waals surface area contributed by atoms with Crippen LogP contribution in [0.15, 0.2) is 200 Å². The van der Waals surface area contributed by atoms with Crippen molar-refractivity contribution in [1.82, 2.24) is 24.1 Å². The van der Waals surface area contributed by atoms with Gasteiger partial charge in [-0.3, -0.25) is 0 Å². The second-order valence-electron chi connectivity index (χ2n) is 14.1. The Morgan fingerprint density at radius 3 is 1.23 bits per heavy atom. The predicted octanol–water partition coefficient (Wildman–Crippen LogP) is 12.7. The van der Waals surface area contributed by atoms with Gasteiger partial charge in [-0.25, -0.2) is 15.0 Å². The van der Waals surface area contributed by atoms with Crippen LogP contribution in [-0.4, -0.2) is 24.1 Å². The summed E-state index contributed by atoms with van der Waals surface area (Å²) in [6.45, 7) is 0. The van der Waals surface area contributed by atoms with Gasteiger partial charge in [0.1, 0.15) is 0 Å². The highest BCUT2D eigenvalue weighted by Gasteiger charge is 2.21. The Bertz CT molecular complexity index is 3180. The van der Waals surface area contributed by atoms with E-state index in [0.717, 1.165) is 39.2 Å². The maximum Gasteiger partial charge on any atom is 0.164 e. The minimum Gasteiger partial charge on any atom is -0.309 e. The Morgan fingerprint density at radius 2 is 0.661 bits per heavy atom. The molecule has 8 aromatic carbocycles. The van der Waals surface area contributed by atoms with Crippen LogP contribution in [0.4, 0.5) is 0 Å². The zero-order valence-electron chi connectivity index (χ0n) is 30.3. The van der Waals surface area contributed by atoms with Crippen LogP contribution in [0.2, 0.25) is 0 Å². The van der Waals surface area contributed by atoms with Gasteiger partial charge in [0.2, 0.25) is 0 Å². The molecule has 0 fully saturated rings. The number of fused-ring (bicyclic) bond motifs is 7. The van der Waals surface area contributed by atoms with Crippen molar-refractivity contribution < 1.29 is 0 Å². The van der Waals surface area contributed by atoms with Crippen LogP contribution in [-0.2, 0) is 0 Å². The topological polar surface area (TPSA) is 48.5 Å². The SMILES string of the molecule is c1ccc(-c2nc(-c3ccccc3)nc(-c3cccc(-c4cccc(-n5c6ccccc6c6c7c8ccccc8n(-c8ccccc8)c7ccc65)c4)c3)n2)cc1. The summed E-state index contributed by atoms with van der Waals surface area (Å²) in [6, 6.07) is 70.4. The van der Waals surface area contributed by atoms with E-state index in [2.05, 4.69) is 149 Å². The molecular formula is C51H33N5. The third kappa shape index (κ3) is 5.21. The lowest BCUT2D eigenvalue weighted by Crippen LogP contribution is -2.00. The second-order valence-corrected chi connectivity index (χ2v) is 14.1. The summed E-state index contributed by atoms with van der Waals surface area (Å²) in [4.78, 5) is 14.9. The molecule has 0 amide bonds. The smallest absolute Gasteiger partial charge is 0.164 e. The molecule has 0 N–H and O–H groups in total. The Labute approximate surface area is 323 Å². The molecule has 0 unspecified atom stereocenters. The normalized spacial score (nSPS) is 11.6. The lowest BCUT2D eigenvalue weighted by Gasteiger charge is -2.12. The van der Waals surface area contributed by atoms with Crippen LogP contribution in [0.5, 0.6) is 0 Å². The maximum atomic E-state index is 5.00. The van der Waals surface area contributed by atoms with Gasteiger partial charge >= 0.3 is 0 Å². The van der Waals surface area contributed by atoms with Crippen molar-refractivity contribution in [3.8, 4) is 56.7 Å². The Morgan fingerprint density at radius 1 is 0.268 bits per heavy atom. The van der Waals surface area contributed by atoms with Crippen molar-refractivity contribution in [2.24, 2.45) is 0 Å². The molecule has 0 atom stereocenters. The van der Waals surface area contributed by atoms with E-state index in [4.69, 9.17) is 15.0 Å². The van der Waals surface area contributed by atoms with Gasteiger partial charge in [0.25, 0.3) is 0 Å². The van der Waals surface area contributed by atoms with Crippen molar-refractivity contribution in [3.05, 3.63) is 200 Å². The first-order valence-electron chi connectivity index (χ1n) is 18.9. The fourth-order valence-electron chi connectivity index (χ4n) is 8.25. The summed E-state index contributed by atoms with van der Waals surface area (Å²) in [5, 5.41) is 5.00. The number of hydrogen-bond donors (Lipinski definition) is 0. The third-order valence-corrected chi connectivity index (χ3v) is 10.7. The molecule has 5 nitrogen and oxygen atoms in total. The molecule has 3 aromatic heterocycles. The van der Waals surface area contributed by atoms with Gasteiger partial charge in [0.15, 0.2) is 17.5 Å². The lowest BCUT2D eigenvalue weighted by molar-refractivity contribution is 1.07. The molecule has 3 heterocycles. The molecule has 0 aliphatic carbocycles. The molecule has 0 spiro atoms. The predicted molar refractivity (Wildman–Crippen MR) is 230 cm³/mol. The average Bonchev–Trinajstić information content (AvgIpc) is 3.80. The van der Waals surface area contributed by atoms with Gasteiger partial charge in [0.05, 0.1) is 22.1 Å². The summed E-state index contributed by atoms with van der Waals surface area (Å²) in [5.41, 5.74) is 12.0. The van der Waals surface area contributed by atoms with Crippen LogP contribution < -0.4 is 0 Å². The molecule has 56 heavy (non-hydrogen) atoms. The zero-order chi connectivity index (χ0) is 37.0. The number of rotatable bonds is 6. The van der Waals surface area contributed by atoms with Gasteiger partial charge in [-0.1, -0.05) is 146 Å². The molecular weight excluding hydrogens is 683 g/mol. The van der Waals surface area contributed by atoms with E-state index in [-0.39, 0.29) is 0 Å². The van der Waals surface area contributed by atoms with Crippen molar-refractivity contribution in [2.75, 3.05) is 0 Å². The minimum atomic E-state index is 0.636. The van der Waals surface area contributed by atoms with E-state index in [1.807, 2.05) is 60.7 Å². The van der Waals surface area contributed by atoms with Crippen LogP contribution in [0.1, 0.15) is 0 Å². The summed E-state index contributed by atoms with van der Waals surface area (Å²) >= 11 is 0. The van der Waals surface area contributed by atoms with Crippen molar-refractivity contribution in [3.63, 3.8) is 0 Å². The Kier molecular flexibility index (Phi) is 7.42. The number of hydrogen-bond acceptors (Lipinski definition) is 3. The summed E-state index contributed by atoms with van der Waals surface area (Å²) in [7, 11) is 0. The monoisotopic (exact) mass is 715 g/mol. The standard InChI is InChI=1S/C51H33N5/c1-4-16-34(17-5-1)49-52-50(35-18-6-2-7-19-35)54-51(53-49)38-22-14-20-36(32-38)37-21-15-25-40(33-37)56-44-29-13-11-27-42(44)48-46(56)31-30-45-47(48)41-26-10-12-28-43(41)55(45)39-23-8-3-9-24-39/h1-33H. The number of aromatic nitrogens is 5. The van der Waals surface area contributed by atoms with Gasteiger partial charge in [0, 0.05) is 49.6 Å². The average molecular weight is 716 g/mol. The highest BCUT2D eigenvalue weighted by Crippen LogP contribution is 2.42. The number of nitrogens with zero attached hydrogens (tertiary/aromatic N) is 5. The Hall–Kier alpha value is -7.63. The first kappa shape index (κ1) is 31.9.